The van der Waals surface area contributed by atoms with Gasteiger partial charge in [0.2, 0.25) is 0 Å². The normalized spacial score (nSPS) is 12.8. The predicted molar refractivity (Wildman–Crippen MR) is 135 cm³/mol. The zero-order valence-corrected chi connectivity index (χ0v) is 20.0. The Kier molecular flexibility index (Phi) is 6.37. The van der Waals surface area contributed by atoms with Crippen LogP contribution in [0.15, 0.2) is 70.7 Å². The molecule has 10 heteroatoms. The number of hydrogen-bond donors (Lipinski definition) is 3. The van der Waals surface area contributed by atoms with Crippen molar-refractivity contribution in [1.29, 1.82) is 0 Å². The van der Waals surface area contributed by atoms with Crippen LogP contribution >= 0.6 is 23.4 Å². The summed E-state index contributed by atoms with van der Waals surface area (Å²) < 4.78 is 0. The largest absolute Gasteiger partial charge is 0.356 e. The van der Waals surface area contributed by atoms with Crippen molar-refractivity contribution < 1.29 is 4.79 Å². The van der Waals surface area contributed by atoms with Gasteiger partial charge in [0.1, 0.15) is 11.6 Å². The number of benzene rings is 2. The van der Waals surface area contributed by atoms with Crippen molar-refractivity contribution in [3.05, 3.63) is 76.9 Å². The zero-order valence-electron chi connectivity index (χ0n) is 18.4. The molecule has 1 aliphatic rings. The Balaban J connectivity index is 1.36. The van der Waals surface area contributed by atoms with E-state index < -0.39 is 0 Å². The first-order valence-electron chi connectivity index (χ1n) is 10.8. The molecule has 0 saturated carbocycles. The van der Waals surface area contributed by atoms with Gasteiger partial charge in [-0.05, 0) is 55.4 Å². The maximum absolute atomic E-state index is 12.6. The molecule has 172 valence electrons. The van der Waals surface area contributed by atoms with Crippen molar-refractivity contribution in [3.8, 4) is 0 Å². The Morgan fingerprint density at radius 2 is 1.91 bits per heavy atom. The van der Waals surface area contributed by atoms with Gasteiger partial charge in [-0.25, -0.2) is 9.97 Å². The predicted octanol–water partition coefficient (Wildman–Crippen LogP) is 5.52. The average molecular weight is 492 g/mol. The summed E-state index contributed by atoms with van der Waals surface area (Å²) in [5.41, 5.74) is 2.06. The third kappa shape index (κ3) is 5.16. The van der Waals surface area contributed by atoms with Gasteiger partial charge in [-0.15, -0.1) is 0 Å². The van der Waals surface area contributed by atoms with Crippen LogP contribution in [0.5, 0.6) is 0 Å². The molecule has 2 aromatic heterocycles. The molecular weight excluding hydrogens is 470 g/mol. The van der Waals surface area contributed by atoms with Gasteiger partial charge in [-0.3, -0.25) is 9.89 Å². The van der Waals surface area contributed by atoms with E-state index in [2.05, 4.69) is 30.7 Å². The number of hydrogen-bond acceptors (Lipinski definition) is 7. The number of halogens is 1. The highest BCUT2D eigenvalue weighted by atomic mass is 35.5. The average Bonchev–Trinajstić information content (AvgIpc) is 3.17. The van der Waals surface area contributed by atoms with Crippen LogP contribution in [0.25, 0.3) is 0 Å². The third-order valence-electron chi connectivity index (χ3n) is 5.25. The van der Waals surface area contributed by atoms with Gasteiger partial charge in [0.05, 0.1) is 10.6 Å². The summed E-state index contributed by atoms with van der Waals surface area (Å²) in [6, 6.07) is 18.4. The van der Waals surface area contributed by atoms with E-state index in [9.17, 15) is 4.79 Å². The summed E-state index contributed by atoms with van der Waals surface area (Å²) >= 11 is 7.59. The van der Waals surface area contributed by atoms with Gasteiger partial charge in [0, 0.05) is 41.5 Å². The number of aryl methyl sites for hydroxylation is 1. The van der Waals surface area contributed by atoms with Crippen molar-refractivity contribution in [2.75, 3.05) is 28.6 Å². The van der Waals surface area contributed by atoms with Crippen molar-refractivity contribution in [2.24, 2.45) is 0 Å². The van der Waals surface area contributed by atoms with E-state index >= 15 is 0 Å². The van der Waals surface area contributed by atoms with E-state index in [1.54, 1.807) is 24.3 Å². The van der Waals surface area contributed by atoms with Crippen LogP contribution in [0.4, 0.5) is 23.1 Å². The van der Waals surface area contributed by atoms with Gasteiger partial charge < -0.3 is 15.5 Å². The summed E-state index contributed by atoms with van der Waals surface area (Å²) in [6.07, 6.45) is 1.15. The molecule has 0 unspecified atom stereocenters. The Bertz CT molecular complexity index is 1340. The molecule has 3 heterocycles. The minimum absolute atomic E-state index is 0.260. The second-order valence-corrected chi connectivity index (χ2v) is 9.31. The highest BCUT2D eigenvalue weighted by Crippen LogP contribution is 2.31. The van der Waals surface area contributed by atoms with E-state index in [-0.39, 0.29) is 5.91 Å². The minimum atomic E-state index is -0.260. The minimum Gasteiger partial charge on any atom is -0.356 e. The highest BCUT2D eigenvalue weighted by Gasteiger charge is 2.19. The third-order valence-corrected chi connectivity index (χ3v) is 6.44. The van der Waals surface area contributed by atoms with E-state index in [1.807, 2.05) is 43.3 Å². The molecule has 3 N–H and O–H groups in total. The maximum atomic E-state index is 12.6. The van der Waals surface area contributed by atoms with E-state index in [0.717, 1.165) is 35.9 Å². The fraction of sp³-hybridized carbons (Fsp3) is 0.167. The Labute approximate surface area is 206 Å². The number of aromatic amines is 1. The van der Waals surface area contributed by atoms with Gasteiger partial charge >= 0.3 is 0 Å². The van der Waals surface area contributed by atoms with Gasteiger partial charge in [-0.2, -0.15) is 5.10 Å². The zero-order chi connectivity index (χ0) is 23.5. The first kappa shape index (κ1) is 22.2. The summed E-state index contributed by atoms with van der Waals surface area (Å²) in [4.78, 5) is 25.2. The lowest BCUT2D eigenvalue weighted by atomic mass is 10.2. The summed E-state index contributed by atoms with van der Waals surface area (Å²) in [5, 5.41) is 14.3. The first-order valence-corrected chi connectivity index (χ1v) is 12.0. The molecule has 1 saturated heterocycles. The quantitative estimate of drug-likeness (QED) is 0.293. The van der Waals surface area contributed by atoms with Crippen molar-refractivity contribution in [3.63, 3.8) is 0 Å². The number of nitrogens with zero attached hydrogens (tertiary/aromatic N) is 4. The van der Waals surface area contributed by atoms with Crippen LogP contribution in [0.2, 0.25) is 5.02 Å². The number of H-pyrrole nitrogens is 1. The molecule has 1 aliphatic heterocycles. The number of anilines is 4. The lowest BCUT2D eigenvalue weighted by Crippen LogP contribution is -2.37. The van der Waals surface area contributed by atoms with Crippen LogP contribution < -0.4 is 15.5 Å². The van der Waals surface area contributed by atoms with Crippen LogP contribution in [-0.4, -0.2) is 39.2 Å². The number of nitrogens with one attached hydrogen (secondary N) is 3. The lowest BCUT2D eigenvalue weighted by Gasteiger charge is -2.32. The van der Waals surface area contributed by atoms with Crippen LogP contribution in [0.1, 0.15) is 22.5 Å². The first-order chi connectivity index (χ1) is 16.5. The fourth-order valence-corrected chi connectivity index (χ4v) is 4.48. The summed E-state index contributed by atoms with van der Waals surface area (Å²) in [7, 11) is 0. The number of carbonyl (C=O) groups excluding carboxylic acids is 1. The van der Waals surface area contributed by atoms with E-state index in [4.69, 9.17) is 16.6 Å². The number of amides is 1. The van der Waals surface area contributed by atoms with Crippen molar-refractivity contribution in [1.82, 2.24) is 20.2 Å². The molecule has 34 heavy (non-hydrogen) atoms. The SMILES string of the molecule is Cc1cc(Nc2cc(N3CCC3)nc(Sc3cccc(NC(=O)c4ccccc4Cl)c3)n2)n[nH]1. The molecule has 0 bridgehead atoms. The molecule has 0 atom stereocenters. The Hall–Kier alpha value is -3.56. The van der Waals surface area contributed by atoms with E-state index in [1.165, 1.54) is 11.8 Å². The van der Waals surface area contributed by atoms with Crippen LogP contribution in [-0.2, 0) is 0 Å². The standard InChI is InChI=1S/C24H22ClN7OS/c1-15-12-21(31-30-15)27-20-14-22(32-10-5-11-32)29-24(28-20)34-17-7-4-6-16(13-17)26-23(33)18-8-2-3-9-19(18)25/h2-4,6-9,12-14H,5,10-11H2,1H3,(H,26,33)(H2,27,28,29,30,31). The molecule has 8 nitrogen and oxygen atoms in total. The van der Waals surface area contributed by atoms with Crippen LogP contribution in [0.3, 0.4) is 0 Å². The smallest absolute Gasteiger partial charge is 0.257 e. The van der Waals surface area contributed by atoms with Gasteiger partial charge in [0.15, 0.2) is 11.0 Å². The fourth-order valence-electron chi connectivity index (χ4n) is 3.43. The molecule has 0 spiro atoms. The molecule has 2 aromatic carbocycles. The second kappa shape index (κ2) is 9.74. The molecule has 0 aliphatic carbocycles. The molecule has 5 rings (SSSR count). The summed E-state index contributed by atoms with van der Waals surface area (Å²) in [5.74, 6) is 1.99. The number of aromatic nitrogens is 4. The number of carbonyl (C=O) groups is 1. The van der Waals surface area contributed by atoms with Crippen molar-refractivity contribution in [2.45, 2.75) is 23.4 Å². The maximum Gasteiger partial charge on any atom is 0.257 e. The monoisotopic (exact) mass is 491 g/mol. The highest BCUT2D eigenvalue weighted by molar-refractivity contribution is 7.99. The van der Waals surface area contributed by atoms with Gasteiger partial charge in [-0.1, -0.05) is 29.8 Å². The van der Waals surface area contributed by atoms with Crippen molar-refractivity contribution >= 4 is 52.4 Å². The number of rotatable bonds is 7. The lowest BCUT2D eigenvalue weighted by molar-refractivity contribution is 0.102. The Morgan fingerprint density at radius 3 is 2.65 bits per heavy atom. The summed E-state index contributed by atoms with van der Waals surface area (Å²) in [6.45, 7) is 3.90. The molecule has 1 amide bonds. The van der Waals surface area contributed by atoms with Gasteiger partial charge in [0.25, 0.3) is 5.91 Å². The molecular formula is C24H22ClN7OS. The topological polar surface area (TPSA) is 98.8 Å². The Morgan fingerprint density at radius 1 is 1.06 bits per heavy atom. The van der Waals surface area contributed by atoms with E-state index in [0.29, 0.717) is 33.1 Å². The van der Waals surface area contributed by atoms with Crippen LogP contribution in [0, 0.1) is 6.92 Å². The second-order valence-electron chi connectivity index (χ2n) is 7.86. The molecule has 1 fully saturated rings. The molecule has 4 aromatic rings. The molecule has 0 radical (unpaired) electrons.